The van der Waals surface area contributed by atoms with Gasteiger partial charge in [-0.1, -0.05) is 24.3 Å². The number of amides is 1. The number of carbonyl (C=O) groups excluding carboxylic acids is 1. The van der Waals surface area contributed by atoms with Crippen molar-refractivity contribution in [1.29, 1.82) is 10.5 Å². The zero-order valence-electron chi connectivity index (χ0n) is 20.7. The van der Waals surface area contributed by atoms with Gasteiger partial charge in [0.2, 0.25) is 0 Å². The molecule has 5 rings (SSSR count). The van der Waals surface area contributed by atoms with E-state index in [1.165, 1.54) is 0 Å². The minimum absolute atomic E-state index is 0. The Bertz CT molecular complexity index is 1390. The van der Waals surface area contributed by atoms with E-state index in [1.54, 1.807) is 13.2 Å². The van der Waals surface area contributed by atoms with Crippen molar-refractivity contribution in [2.45, 2.75) is 18.8 Å². The van der Waals surface area contributed by atoms with E-state index in [-0.39, 0.29) is 18.3 Å². The molecule has 37 heavy (non-hydrogen) atoms. The van der Waals surface area contributed by atoms with E-state index in [0.29, 0.717) is 47.4 Å². The topological polar surface area (TPSA) is 98.4 Å². The predicted molar refractivity (Wildman–Crippen MR) is 143 cm³/mol. The van der Waals surface area contributed by atoms with Crippen molar-refractivity contribution in [3.05, 3.63) is 70.8 Å². The molecule has 2 unspecified atom stereocenters. The van der Waals surface area contributed by atoms with Crippen LogP contribution in [-0.2, 0) is 0 Å². The summed E-state index contributed by atoms with van der Waals surface area (Å²) in [6.45, 7) is 4.17. The number of hydrogen-bond donors (Lipinski definition) is 1. The van der Waals surface area contributed by atoms with Crippen LogP contribution in [0.5, 0.6) is 11.5 Å². The van der Waals surface area contributed by atoms with E-state index in [1.807, 2.05) is 42.5 Å². The summed E-state index contributed by atoms with van der Waals surface area (Å²) in [7, 11) is 1.54. The normalized spacial score (nSPS) is 17.9. The fourth-order valence-electron chi connectivity index (χ4n) is 5.49. The minimum atomic E-state index is -0.233. The van der Waals surface area contributed by atoms with E-state index in [9.17, 15) is 15.3 Å². The van der Waals surface area contributed by atoms with Gasteiger partial charge in [-0.25, -0.2) is 0 Å². The molecule has 2 atom stereocenters. The number of unbranched alkanes of at least 4 members (excludes halogenated alkanes) is 1. The Balaban J connectivity index is 0.00000320. The van der Waals surface area contributed by atoms with Crippen LogP contribution in [-0.4, -0.2) is 50.7 Å². The Morgan fingerprint density at radius 3 is 2.68 bits per heavy atom. The molecular formula is C29H29ClN4O3. The summed E-state index contributed by atoms with van der Waals surface area (Å²) in [4.78, 5) is 15.4. The van der Waals surface area contributed by atoms with Crippen molar-refractivity contribution in [2.24, 2.45) is 5.92 Å². The van der Waals surface area contributed by atoms with Gasteiger partial charge in [0.05, 0.1) is 42.5 Å². The average molecular weight is 517 g/mol. The first-order valence-corrected chi connectivity index (χ1v) is 12.3. The largest absolute Gasteiger partial charge is 0.495 e. The summed E-state index contributed by atoms with van der Waals surface area (Å²) in [6.07, 6.45) is 1.81. The van der Waals surface area contributed by atoms with E-state index in [0.717, 1.165) is 54.6 Å². The van der Waals surface area contributed by atoms with Crippen LogP contribution in [0.2, 0.25) is 0 Å². The second-order valence-electron chi connectivity index (χ2n) is 9.43. The van der Waals surface area contributed by atoms with E-state index < -0.39 is 0 Å². The van der Waals surface area contributed by atoms with Crippen LogP contribution in [0, 0.1) is 28.6 Å². The molecule has 0 radical (unpaired) electrons. The van der Waals surface area contributed by atoms with Crippen LogP contribution in [0.4, 0.5) is 0 Å². The van der Waals surface area contributed by atoms with Gasteiger partial charge in [-0.2, -0.15) is 10.5 Å². The van der Waals surface area contributed by atoms with Gasteiger partial charge in [0.25, 0.3) is 5.91 Å². The average Bonchev–Trinajstić information content (AvgIpc) is 3.35. The number of carbonyl (C=O) groups is 1. The number of nitrogens with zero attached hydrogens (tertiary/aromatic N) is 3. The number of ether oxygens (including phenoxy) is 2. The fourth-order valence-corrected chi connectivity index (χ4v) is 5.49. The van der Waals surface area contributed by atoms with Gasteiger partial charge < -0.3 is 19.7 Å². The highest BCUT2D eigenvalue weighted by Crippen LogP contribution is 2.42. The number of rotatable bonds is 7. The van der Waals surface area contributed by atoms with E-state index in [2.05, 4.69) is 22.4 Å². The molecule has 1 amide bonds. The Morgan fingerprint density at radius 2 is 1.92 bits per heavy atom. The highest BCUT2D eigenvalue weighted by Gasteiger charge is 2.38. The van der Waals surface area contributed by atoms with Crippen molar-refractivity contribution in [2.75, 3.05) is 39.9 Å². The summed E-state index contributed by atoms with van der Waals surface area (Å²) in [5, 5.41) is 23.3. The molecule has 1 saturated heterocycles. The molecule has 2 heterocycles. The smallest absolute Gasteiger partial charge is 0.255 e. The van der Waals surface area contributed by atoms with E-state index >= 15 is 0 Å². The minimum Gasteiger partial charge on any atom is -0.495 e. The highest BCUT2D eigenvalue weighted by molar-refractivity contribution is 6.05. The van der Waals surface area contributed by atoms with Gasteiger partial charge in [0.15, 0.2) is 0 Å². The fraction of sp³-hybridized carbons (Fsp3) is 0.345. The number of hydrogen-bond acceptors (Lipinski definition) is 6. The van der Waals surface area contributed by atoms with Crippen molar-refractivity contribution in [3.63, 3.8) is 0 Å². The summed E-state index contributed by atoms with van der Waals surface area (Å²) in [6, 6.07) is 19.2. The summed E-state index contributed by atoms with van der Waals surface area (Å²) < 4.78 is 11.5. The van der Waals surface area contributed by atoms with Gasteiger partial charge in [0, 0.05) is 47.8 Å². The maximum atomic E-state index is 12.9. The second kappa shape index (κ2) is 11.5. The SMILES string of the molecule is COc1c(C(=O)NCCCCN2CC3COc4ccc(C#N)cc4C3C2)cc(C#N)c2ccccc12.Cl. The number of likely N-dealkylation sites (tertiary alicyclic amines) is 1. The van der Waals surface area contributed by atoms with Crippen molar-refractivity contribution < 1.29 is 14.3 Å². The second-order valence-corrected chi connectivity index (χ2v) is 9.43. The van der Waals surface area contributed by atoms with Gasteiger partial charge in [0.1, 0.15) is 11.5 Å². The lowest BCUT2D eigenvalue weighted by Crippen LogP contribution is -2.27. The number of nitrogens with one attached hydrogen (secondary N) is 1. The molecule has 0 aromatic heterocycles. The third-order valence-electron chi connectivity index (χ3n) is 7.26. The Kier molecular flexibility index (Phi) is 8.18. The lowest BCUT2D eigenvalue weighted by molar-refractivity contribution is 0.0950. The quantitative estimate of drug-likeness (QED) is 0.460. The van der Waals surface area contributed by atoms with Crippen LogP contribution in [0.1, 0.15) is 45.8 Å². The van der Waals surface area contributed by atoms with Crippen molar-refractivity contribution in [3.8, 4) is 23.6 Å². The Labute approximate surface area is 223 Å². The molecule has 2 aliphatic heterocycles. The predicted octanol–water partition coefficient (Wildman–Crippen LogP) is 4.63. The number of benzene rings is 3. The van der Waals surface area contributed by atoms with Crippen molar-refractivity contribution >= 4 is 29.1 Å². The van der Waals surface area contributed by atoms with Gasteiger partial charge in [-0.3, -0.25) is 4.79 Å². The van der Waals surface area contributed by atoms with Crippen LogP contribution in [0.3, 0.4) is 0 Å². The molecule has 0 saturated carbocycles. The summed E-state index contributed by atoms with van der Waals surface area (Å²) >= 11 is 0. The Morgan fingerprint density at radius 1 is 1.11 bits per heavy atom. The van der Waals surface area contributed by atoms with Crippen LogP contribution in [0.25, 0.3) is 10.8 Å². The molecular weight excluding hydrogens is 488 g/mol. The third kappa shape index (κ3) is 5.20. The molecule has 0 aliphatic carbocycles. The molecule has 0 bridgehead atoms. The number of halogens is 1. The molecule has 7 nitrogen and oxygen atoms in total. The zero-order valence-corrected chi connectivity index (χ0v) is 21.5. The first-order chi connectivity index (χ1) is 17.6. The molecule has 3 aromatic carbocycles. The van der Waals surface area contributed by atoms with Gasteiger partial charge in [-0.05, 0) is 43.7 Å². The molecule has 1 N–H and O–H groups in total. The molecule has 2 aliphatic rings. The standard InChI is InChI=1S/C29H28N4O3.ClH/c1-35-28-23-7-3-2-6-22(23)20(15-31)13-25(28)29(34)32-10-4-5-11-33-16-21-18-36-27-9-8-19(14-30)12-24(27)26(21)17-33;/h2-3,6-9,12-13,21,26H,4-5,10-11,16-18H2,1H3,(H,32,34);1H. The molecule has 1 fully saturated rings. The summed E-state index contributed by atoms with van der Waals surface area (Å²) in [5.41, 5.74) is 2.67. The van der Waals surface area contributed by atoms with Crippen LogP contribution >= 0.6 is 12.4 Å². The maximum absolute atomic E-state index is 12.9. The monoisotopic (exact) mass is 516 g/mol. The highest BCUT2D eigenvalue weighted by atomic mass is 35.5. The number of methoxy groups -OCH3 is 1. The molecule has 8 heteroatoms. The van der Waals surface area contributed by atoms with E-state index in [4.69, 9.17) is 9.47 Å². The zero-order chi connectivity index (χ0) is 25.1. The molecule has 190 valence electrons. The van der Waals surface area contributed by atoms with Gasteiger partial charge in [-0.15, -0.1) is 12.4 Å². The third-order valence-corrected chi connectivity index (χ3v) is 7.26. The lowest BCUT2D eigenvalue weighted by Gasteiger charge is -2.27. The summed E-state index contributed by atoms with van der Waals surface area (Å²) in [5.74, 6) is 2.01. The van der Waals surface area contributed by atoms with Crippen LogP contribution in [0.15, 0.2) is 48.5 Å². The van der Waals surface area contributed by atoms with Crippen LogP contribution < -0.4 is 14.8 Å². The number of nitriles is 2. The lowest BCUT2D eigenvalue weighted by atomic mass is 9.86. The molecule has 0 spiro atoms. The first kappa shape index (κ1) is 26.3. The Hall–Kier alpha value is -3.78. The maximum Gasteiger partial charge on any atom is 0.255 e. The first-order valence-electron chi connectivity index (χ1n) is 12.3. The number of fused-ring (bicyclic) bond motifs is 4. The van der Waals surface area contributed by atoms with Gasteiger partial charge >= 0.3 is 0 Å². The van der Waals surface area contributed by atoms with Crippen molar-refractivity contribution in [1.82, 2.24) is 10.2 Å². The molecule has 3 aromatic rings.